The molecule has 0 aliphatic carbocycles. The normalized spacial score (nSPS) is 11.6. The van der Waals surface area contributed by atoms with Gasteiger partial charge in [0.15, 0.2) is 0 Å². The first kappa shape index (κ1) is 17.3. The van der Waals surface area contributed by atoms with Gasteiger partial charge in [-0.3, -0.25) is 4.79 Å². The highest BCUT2D eigenvalue weighted by Gasteiger charge is 2.25. The van der Waals surface area contributed by atoms with E-state index in [1.54, 1.807) is 38.1 Å². The zero-order chi connectivity index (χ0) is 18.2. The SMILES string of the molecule is Cc1cc(C)n2nc(S(=O)(=O)CC(=O)Nc3cccc(Cl)c3)nc2n1. The minimum Gasteiger partial charge on any atom is -0.325 e. The van der Waals surface area contributed by atoms with Crippen molar-refractivity contribution >= 4 is 38.8 Å². The third kappa shape index (κ3) is 3.77. The van der Waals surface area contributed by atoms with E-state index in [4.69, 9.17) is 11.6 Å². The Morgan fingerprint density at radius 2 is 2.00 bits per heavy atom. The lowest BCUT2D eigenvalue weighted by Crippen LogP contribution is -2.23. The number of hydrogen-bond acceptors (Lipinski definition) is 6. The fourth-order valence-corrected chi connectivity index (χ4v) is 3.44. The van der Waals surface area contributed by atoms with Crippen LogP contribution in [0.15, 0.2) is 35.5 Å². The molecule has 0 saturated carbocycles. The zero-order valence-corrected chi connectivity index (χ0v) is 15.0. The van der Waals surface area contributed by atoms with Crippen LogP contribution in [0.5, 0.6) is 0 Å². The summed E-state index contributed by atoms with van der Waals surface area (Å²) in [6, 6.07) is 8.17. The molecule has 1 N–H and O–H groups in total. The molecule has 3 aromatic rings. The van der Waals surface area contributed by atoms with Crippen LogP contribution in [0.1, 0.15) is 11.4 Å². The van der Waals surface area contributed by atoms with E-state index < -0.39 is 26.7 Å². The van der Waals surface area contributed by atoms with Gasteiger partial charge in [-0.2, -0.15) is 4.98 Å². The lowest BCUT2D eigenvalue weighted by Gasteiger charge is -2.04. The third-order valence-electron chi connectivity index (χ3n) is 3.31. The number of nitrogens with zero attached hydrogens (tertiary/aromatic N) is 4. The molecule has 0 atom stereocenters. The zero-order valence-electron chi connectivity index (χ0n) is 13.4. The number of benzene rings is 1. The number of hydrogen-bond donors (Lipinski definition) is 1. The van der Waals surface area contributed by atoms with Crippen LogP contribution in [-0.4, -0.2) is 39.7 Å². The summed E-state index contributed by atoms with van der Waals surface area (Å²) in [7, 11) is -4.01. The molecular weight excluding hydrogens is 366 g/mol. The number of nitrogens with one attached hydrogen (secondary N) is 1. The number of fused-ring (bicyclic) bond motifs is 1. The second-order valence-corrected chi connectivity index (χ2v) is 7.78. The fraction of sp³-hybridized carbons (Fsp3) is 0.200. The van der Waals surface area contributed by atoms with Crippen molar-refractivity contribution in [1.82, 2.24) is 19.6 Å². The van der Waals surface area contributed by atoms with Gasteiger partial charge in [-0.1, -0.05) is 17.7 Å². The predicted octanol–water partition coefficient (Wildman–Crippen LogP) is 1.81. The molecule has 0 fully saturated rings. The van der Waals surface area contributed by atoms with Gasteiger partial charge >= 0.3 is 0 Å². The number of anilines is 1. The second-order valence-electron chi connectivity index (χ2n) is 5.46. The standard InChI is InChI=1S/C15H14ClN5O3S/c1-9-6-10(2)21-14(17-9)19-15(20-21)25(23,24)8-13(22)18-12-5-3-4-11(16)7-12/h3-7H,8H2,1-2H3,(H,18,22). The molecule has 8 nitrogen and oxygen atoms in total. The van der Waals surface area contributed by atoms with Crippen molar-refractivity contribution in [3.8, 4) is 0 Å². The topological polar surface area (TPSA) is 106 Å². The van der Waals surface area contributed by atoms with Gasteiger partial charge < -0.3 is 5.32 Å². The largest absolute Gasteiger partial charge is 0.325 e. The van der Waals surface area contributed by atoms with Crippen molar-refractivity contribution in [1.29, 1.82) is 0 Å². The van der Waals surface area contributed by atoms with Crippen LogP contribution in [-0.2, 0) is 14.6 Å². The van der Waals surface area contributed by atoms with Crippen molar-refractivity contribution in [2.45, 2.75) is 19.0 Å². The van der Waals surface area contributed by atoms with E-state index in [0.29, 0.717) is 22.1 Å². The number of carbonyl (C=O) groups is 1. The first-order valence-corrected chi connectivity index (χ1v) is 9.27. The summed E-state index contributed by atoms with van der Waals surface area (Å²) < 4.78 is 26.2. The van der Waals surface area contributed by atoms with Crippen LogP contribution in [0.25, 0.3) is 5.78 Å². The average molecular weight is 380 g/mol. The molecule has 3 rings (SSSR count). The van der Waals surface area contributed by atoms with E-state index in [9.17, 15) is 13.2 Å². The smallest absolute Gasteiger partial charge is 0.269 e. The van der Waals surface area contributed by atoms with E-state index in [-0.39, 0.29) is 5.78 Å². The van der Waals surface area contributed by atoms with Gasteiger partial charge in [0.25, 0.3) is 10.9 Å². The summed E-state index contributed by atoms with van der Waals surface area (Å²) >= 11 is 5.83. The lowest BCUT2D eigenvalue weighted by molar-refractivity contribution is -0.113. The number of aryl methyl sites for hydroxylation is 2. The summed E-state index contributed by atoms with van der Waals surface area (Å²) in [6.07, 6.45) is 0. The molecule has 0 saturated heterocycles. The van der Waals surface area contributed by atoms with Gasteiger partial charge in [-0.25, -0.2) is 17.9 Å². The van der Waals surface area contributed by atoms with Crippen LogP contribution in [0.2, 0.25) is 5.02 Å². The molecule has 2 heterocycles. The van der Waals surface area contributed by atoms with Gasteiger partial charge in [0.2, 0.25) is 15.7 Å². The molecule has 25 heavy (non-hydrogen) atoms. The minimum absolute atomic E-state index is 0.173. The molecule has 1 aromatic carbocycles. The summed E-state index contributed by atoms with van der Waals surface area (Å²) in [5.41, 5.74) is 1.80. The van der Waals surface area contributed by atoms with Crippen LogP contribution >= 0.6 is 11.6 Å². The highest BCUT2D eigenvalue weighted by atomic mass is 35.5. The number of amides is 1. The number of halogens is 1. The Labute approximate surface area is 148 Å². The molecule has 10 heteroatoms. The Morgan fingerprint density at radius 1 is 1.24 bits per heavy atom. The lowest BCUT2D eigenvalue weighted by atomic mass is 10.3. The van der Waals surface area contributed by atoms with Crippen molar-refractivity contribution in [2.24, 2.45) is 0 Å². The molecule has 0 aliphatic rings. The van der Waals surface area contributed by atoms with Crippen LogP contribution in [0, 0.1) is 13.8 Å². The van der Waals surface area contributed by atoms with Crippen molar-refractivity contribution in [3.05, 3.63) is 46.7 Å². The first-order chi connectivity index (χ1) is 11.7. The quantitative estimate of drug-likeness (QED) is 0.740. The van der Waals surface area contributed by atoms with Gasteiger partial charge in [0, 0.05) is 22.1 Å². The van der Waals surface area contributed by atoms with E-state index in [0.717, 1.165) is 0 Å². The molecular formula is C15H14ClN5O3S. The second kappa shape index (κ2) is 6.41. The Hall–Kier alpha value is -2.52. The predicted molar refractivity (Wildman–Crippen MR) is 92.4 cm³/mol. The number of sulfone groups is 1. The van der Waals surface area contributed by atoms with E-state index in [1.165, 1.54) is 10.6 Å². The van der Waals surface area contributed by atoms with Gasteiger partial charge in [0.05, 0.1) is 0 Å². The Morgan fingerprint density at radius 3 is 2.72 bits per heavy atom. The molecule has 0 radical (unpaired) electrons. The van der Waals surface area contributed by atoms with Gasteiger partial charge in [-0.05, 0) is 38.1 Å². The number of rotatable bonds is 4. The summed E-state index contributed by atoms with van der Waals surface area (Å²) in [5, 5.41) is 6.43. The summed E-state index contributed by atoms with van der Waals surface area (Å²) in [4.78, 5) is 20.1. The molecule has 130 valence electrons. The number of carbonyl (C=O) groups excluding carboxylic acids is 1. The number of aromatic nitrogens is 4. The van der Waals surface area contributed by atoms with Crippen molar-refractivity contribution in [2.75, 3.05) is 11.1 Å². The van der Waals surface area contributed by atoms with E-state index in [2.05, 4.69) is 20.4 Å². The maximum atomic E-state index is 12.4. The van der Waals surface area contributed by atoms with Gasteiger partial charge in [-0.15, -0.1) is 5.10 Å². The molecule has 0 unspecified atom stereocenters. The highest BCUT2D eigenvalue weighted by molar-refractivity contribution is 7.92. The fourth-order valence-electron chi connectivity index (χ4n) is 2.28. The Kier molecular flexibility index (Phi) is 4.44. The van der Waals surface area contributed by atoms with Crippen LogP contribution in [0.4, 0.5) is 5.69 Å². The van der Waals surface area contributed by atoms with Crippen molar-refractivity contribution < 1.29 is 13.2 Å². The van der Waals surface area contributed by atoms with Crippen molar-refractivity contribution in [3.63, 3.8) is 0 Å². The van der Waals surface area contributed by atoms with Crippen LogP contribution < -0.4 is 5.32 Å². The summed E-state index contributed by atoms with van der Waals surface area (Å²) in [5.74, 6) is -1.32. The van der Waals surface area contributed by atoms with E-state index in [1.807, 2.05) is 0 Å². The molecule has 1 amide bonds. The molecule has 0 spiro atoms. The molecule has 0 bridgehead atoms. The average Bonchev–Trinajstić information content (AvgIpc) is 2.91. The Balaban J connectivity index is 1.84. The maximum Gasteiger partial charge on any atom is 0.269 e. The maximum absolute atomic E-state index is 12.4. The van der Waals surface area contributed by atoms with Gasteiger partial charge in [0.1, 0.15) is 5.75 Å². The van der Waals surface area contributed by atoms with Crippen LogP contribution in [0.3, 0.4) is 0 Å². The third-order valence-corrected chi connectivity index (χ3v) is 4.91. The molecule has 2 aromatic heterocycles. The monoisotopic (exact) mass is 379 g/mol. The Bertz CT molecular complexity index is 1080. The van der Waals surface area contributed by atoms with E-state index >= 15 is 0 Å². The first-order valence-electron chi connectivity index (χ1n) is 7.24. The summed E-state index contributed by atoms with van der Waals surface area (Å²) in [6.45, 7) is 3.53. The molecule has 0 aliphatic heterocycles. The highest BCUT2D eigenvalue weighted by Crippen LogP contribution is 2.16. The minimum atomic E-state index is -4.01.